The lowest BCUT2D eigenvalue weighted by Gasteiger charge is -2.47. The highest BCUT2D eigenvalue weighted by atomic mass is 19.4. The molecular weight excluding hydrogens is 473 g/mol. The fourth-order valence-corrected chi connectivity index (χ4v) is 6.75. The Kier molecular flexibility index (Phi) is 6.90. The molecule has 3 fully saturated rings. The first-order chi connectivity index (χ1) is 17.2. The Morgan fingerprint density at radius 3 is 2.61 bits per heavy atom. The van der Waals surface area contributed by atoms with Gasteiger partial charge in [0.1, 0.15) is 0 Å². The Balaban J connectivity index is 1.52. The molecule has 1 amide bonds. The highest BCUT2D eigenvalue weighted by Crippen LogP contribution is 2.48. The quantitative estimate of drug-likeness (QED) is 0.559. The number of hydrazine groups is 1. The Morgan fingerprint density at radius 2 is 2.00 bits per heavy atom. The third-order valence-electron chi connectivity index (χ3n) is 8.65. The molecule has 0 aromatic carbocycles. The maximum Gasteiger partial charge on any atom is 0.418 e. The van der Waals surface area contributed by atoms with Crippen LogP contribution < -0.4 is 21.9 Å². The van der Waals surface area contributed by atoms with Crippen LogP contribution in [-0.4, -0.2) is 46.7 Å². The van der Waals surface area contributed by atoms with Crippen molar-refractivity contribution in [2.75, 3.05) is 20.8 Å². The average molecular weight is 509 g/mol. The third kappa shape index (κ3) is 4.68. The first-order valence-corrected chi connectivity index (χ1v) is 12.9. The number of amides is 1. The maximum atomic E-state index is 13.7. The van der Waals surface area contributed by atoms with E-state index in [0.717, 1.165) is 36.4 Å². The molecule has 3 heterocycles. The van der Waals surface area contributed by atoms with Gasteiger partial charge in [-0.15, -0.1) is 0 Å². The molecule has 5 rings (SSSR count). The first-order valence-electron chi connectivity index (χ1n) is 12.9. The molecule has 3 aliphatic rings. The lowest BCUT2D eigenvalue weighted by Crippen LogP contribution is -2.51. The monoisotopic (exact) mass is 508 g/mol. The molecule has 4 unspecified atom stereocenters. The zero-order valence-electron chi connectivity index (χ0n) is 20.7. The van der Waals surface area contributed by atoms with E-state index in [0.29, 0.717) is 31.1 Å². The van der Waals surface area contributed by atoms with E-state index in [2.05, 4.69) is 28.1 Å². The summed E-state index contributed by atoms with van der Waals surface area (Å²) in [6.07, 6.45) is 4.38. The number of pyridine rings is 1. The van der Waals surface area contributed by atoms with Crippen LogP contribution in [0.4, 0.5) is 13.2 Å². The molecule has 0 spiro atoms. The number of rotatable bonds is 6. The number of imidazole rings is 1. The Labute approximate surface area is 208 Å². The highest BCUT2D eigenvalue weighted by molar-refractivity contribution is 5.75. The minimum atomic E-state index is -4.55. The van der Waals surface area contributed by atoms with Crippen molar-refractivity contribution < 1.29 is 18.0 Å². The maximum absolute atomic E-state index is 13.7. The van der Waals surface area contributed by atoms with Crippen molar-refractivity contribution in [2.45, 2.75) is 63.3 Å². The molecular formula is C25H35F3N6O2. The number of hydrogen-bond acceptors (Lipinski definition) is 5. The zero-order chi connectivity index (χ0) is 25.6. The Morgan fingerprint density at radius 1 is 1.22 bits per heavy atom. The molecule has 2 aromatic rings. The fraction of sp³-hybridized carbons (Fsp3) is 0.680. The van der Waals surface area contributed by atoms with E-state index >= 15 is 0 Å². The van der Waals surface area contributed by atoms with Crippen molar-refractivity contribution in [3.8, 4) is 0 Å². The van der Waals surface area contributed by atoms with Crippen molar-refractivity contribution in [3.63, 3.8) is 0 Å². The van der Waals surface area contributed by atoms with Gasteiger partial charge in [0.2, 0.25) is 5.91 Å². The summed E-state index contributed by atoms with van der Waals surface area (Å²) in [6.45, 7) is 0.732. The largest absolute Gasteiger partial charge is 0.418 e. The van der Waals surface area contributed by atoms with Crippen LogP contribution in [0.5, 0.6) is 0 Å². The van der Waals surface area contributed by atoms with Crippen LogP contribution in [0.15, 0.2) is 29.3 Å². The van der Waals surface area contributed by atoms with Gasteiger partial charge in [-0.05, 0) is 62.1 Å². The topological polar surface area (TPSA) is 82.8 Å². The summed E-state index contributed by atoms with van der Waals surface area (Å²) in [5.41, 5.74) is 5.26. The molecule has 1 saturated heterocycles. The van der Waals surface area contributed by atoms with E-state index in [1.54, 1.807) is 7.05 Å². The van der Waals surface area contributed by atoms with Crippen LogP contribution in [0.3, 0.4) is 0 Å². The van der Waals surface area contributed by atoms with Crippen LogP contribution >= 0.6 is 0 Å². The van der Waals surface area contributed by atoms with Crippen molar-refractivity contribution in [1.82, 2.24) is 30.0 Å². The van der Waals surface area contributed by atoms with Crippen molar-refractivity contribution in [2.24, 2.45) is 23.7 Å². The van der Waals surface area contributed by atoms with Crippen LogP contribution in [0, 0.1) is 23.7 Å². The van der Waals surface area contributed by atoms with Gasteiger partial charge < -0.3 is 5.32 Å². The molecule has 198 valence electrons. The van der Waals surface area contributed by atoms with Gasteiger partial charge in [-0.2, -0.15) is 13.2 Å². The number of nitrogens with zero attached hydrogens (tertiary/aromatic N) is 3. The summed E-state index contributed by atoms with van der Waals surface area (Å²) in [6, 6.07) is 2.01. The zero-order valence-corrected chi connectivity index (χ0v) is 20.7. The molecule has 5 atom stereocenters. The number of carbonyl (C=O) groups excluding carboxylic acids is 1. The second kappa shape index (κ2) is 9.83. The highest BCUT2D eigenvalue weighted by Gasteiger charge is 2.45. The van der Waals surface area contributed by atoms with Crippen molar-refractivity contribution in [3.05, 3.63) is 40.6 Å². The molecule has 1 aliphatic heterocycles. The van der Waals surface area contributed by atoms with Crippen LogP contribution in [0.25, 0.3) is 5.52 Å². The van der Waals surface area contributed by atoms with Crippen LogP contribution in [0.2, 0.25) is 0 Å². The smallest absolute Gasteiger partial charge is 0.359 e. The van der Waals surface area contributed by atoms with Gasteiger partial charge >= 0.3 is 11.9 Å². The second-order valence-corrected chi connectivity index (χ2v) is 10.8. The second-order valence-electron chi connectivity index (χ2n) is 10.8. The van der Waals surface area contributed by atoms with Crippen molar-refractivity contribution >= 4 is 11.4 Å². The summed E-state index contributed by atoms with van der Waals surface area (Å²) < 4.78 is 43.6. The predicted molar refractivity (Wildman–Crippen MR) is 129 cm³/mol. The molecule has 0 radical (unpaired) electrons. The molecule has 2 saturated carbocycles. The summed E-state index contributed by atoms with van der Waals surface area (Å²) in [5, 5.41) is 2.71. The number of nitrogens with one attached hydrogen (secondary N) is 3. The molecule has 36 heavy (non-hydrogen) atoms. The van der Waals surface area contributed by atoms with Gasteiger partial charge in [0, 0.05) is 31.9 Å². The third-order valence-corrected chi connectivity index (χ3v) is 8.65. The minimum Gasteiger partial charge on any atom is -0.359 e. The summed E-state index contributed by atoms with van der Waals surface area (Å²) >= 11 is 0. The standard InChI is InChI=1S/C25H35F3N6O2/c1-29-21(35)11-15-9-17(22(16-5-3-6-16)23-31-30-14-32(23)2)12-18(10-15)34-13-20-19(25(26,27)28)7-4-8-33(20)24(34)36/h4,7-8,13,15-18,22-23,30-31H,3,5-6,9-12,14H2,1-2H3,(H,29,35)/t15?,17?,18?,22-,23?/m1/s1. The molecule has 2 aliphatic carbocycles. The van der Waals surface area contributed by atoms with E-state index < -0.39 is 17.4 Å². The molecule has 0 bridgehead atoms. The first kappa shape index (κ1) is 25.3. The number of aromatic nitrogens is 2. The Bertz CT molecular complexity index is 1160. The number of halogens is 3. The van der Waals surface area contributed by atoms with Crippen LogP contribution in [0.1, 0.15) is 56.6 Å². The average Bonchev–Trinajstić information content (AvgIpc) is 3.38. The lowest BCUT2D eigenvalue weighted by atomic mass is 9.63. The SMILES string of the molecule is CNC(=O)CC1CC([C@@H](C2CCC2)C2NNCN2C)CC(n2cc3c(C(F)(F)F)cccn3c2=O)C1. The normalized spacial score (nSPS) is 28.8. The minimum absolute atomic E-state index is 0.0490. The van der Waals surface area contributed by atoms with Crippen LogP contribution in [-0.2, 0) is 11.0 Å². The van der Waals surface area contributed by atoms with Gasteiger partial charge in [0.05, 0.1) is 23.9 Å². The predicted octanol–water partition coefficient (Wildman–Crippen LogP) is 2.95. The number of fused-ring (bicyclic) bond motifs is 1. The van der Waals surface area contributed by atoms with Gasteiger partial charge in [0.15, 0.2) is 0 Å². The van der Waals surface area contributed by atoms with Gasteiger partial charge in [-0.25, -0.2) is 15.6 Å². The lowest BCUT2D eigenvalue weighted by molar-refractivity contribution is -0.136. The summed E-state index contributed by atoms with van der Waals surface area (Å²) in [4.78, 5) is 27.9. The number of hydrogen-bond donors (Lipinski definition) is 3. The van der Waals surface area contributed by atoms with Crippen molar-refractivity contribution in [1.29, 1.82) is 0 Å². The van der Waals surface area contributed by atoms with Gasteiger partial charge in [0.25, 0.3) is 0 Å². The van der Waals surface area contributed by atoms with E-state index in [1.165, 1.54) is 29.4 Å². The van der Waals surface area contributed by atoms with E-state index in [4.69, 9.17) is 0 Å². The number of alkyl halides is 3. The summed E-state index contributed by atoms with van der Waals surface area (Å²) in [5.74, 6) is 1.11. The molecule has 8 nitrogen and oxygen atoms in total. The van der Waals surface area contributed by atoms with E-state index in [-0.39, 0.29) is 35.5 Å². The van der Waals surface area contributed by atoms with E-state index in [1.807, 2.05) is 0 Å². The summed E-state index contributed by atoms with van der Waals surface area (Å²) in [7, 11) is 3.69. The van der Waals surface area contributed by atoms with Gasteiger partial charge in [-0.3, -0.25) is 18.7 Å². The molecule has 11 heteroatoms. The molecule has 3 N–H and O–H groups in total. The number of carbonyl (C=O) groups is 1. The van der Waals surface area contributed by atoms with Gasteiger partial charge in [-0.1, -0.05) is 19.3 Å². The Hall–Kier alpha value is -2.37. The van der Waals surface area contributed by atoms with E-state index in [9.17, 15) is 22.8 Å². The molecule has 2 aromatic heterocycles. The fourth-order valence-electron chi connectivity index (χ4n) is 6.75.